The van der Waals surface area contributed by atoms with Gasteiger partial charge in [-0.2, -0.15) is 0 Å². The first-order chi connectivity index (χ1) is 28.7. The van der Waals surface area contributed by atoms with Crippen LogP contribution in [0.25, 0.3) is 49.3 Å². The first-order valence-electron chi connectivity index (χ1n) is 19.5. The van der Waals surface area contributed by atoms with Gasteiger partial charge in [-0.15, -0.1) is 0 Å². The van der Waals surface area contributed by atoms with Gasteiger partial charge in [0.15, 0.2) is 14.2 Å². The fourth-order valence-electron chi connectivity index (χ4n) is 9.64. The molecule has 7 aromatic carbocycles. The van der Waals surface area contributed by atoms with E-state index in [2.05, 4.69) is 118 Å². The number of halogens is 1. The molecule has 0 spiro atoms. The number of aromatic nitrogens is 3. The molecular weight excluding hydrogens is 732 g/mol. The number of para-hydroxylation sites is 2. The second-order valence-corrected chi connectivity index (χ2v) is 18.8. The van der Waals surface area contributed by atoms with Gasteiger partial charge in [-0.1, -0.05) is 133 Å². The van der Waals surface area contributed by atoms with Crippen LogP contribution in [0.2, 0.25) is 0 Å². The highest BCUT2D eigenvalue weighted by Crippen LogP contribution is 2.46. The van der Waals surface area contributed by atoms with Crippen molar-refractivity contribution in [1.82, 2.24) is 14.4 Å². The fourth-order valence-corrected chi connectivity index (χ4v) is 14.7. The highest BCUT2D eigenvalue weighted by molar-refractivity contribution is 7.21. The third kappa shape index (κ3) is 4.56. The molecule has 1 atom stereocenters. The van der Waals surface area contributed by atoms with Crippen molar-refractivity contribution in [2.75, 3.05) is 4.90 Å². The molecule has 0 aliphatic carbocycles. The molecule has 4 aromatic heterocycles. The maximum absolute atomic E-state index is 17.6. The Labute approximate surface area is 333 Å². The van der Waals surface area contributed by atoms with E-state index in [1.54, 1.807) is 0 Å². The normalized spacial score (nSPS) is 14.0. The molecule has 0 N–H and O–H groups in total. The Balaban J connectivity index is 1.17. The second kappa shape index (κ2) is 12.6. The lowest BCUT2D eigenvalue weighted by atomic mass is 9.97. The van der Waals surface area contributed by atoms with E-state index in [9.17, 15) is 0 Å². The number of hydrogen-bond donors (Lipinski definition) is 0. The molecule has 58 heavy (non-hydrogen) atoms. The van der Waals surface area contributed by atoms with E-state index in [1.807, 2.05) is 85.3 Å². The van der Waals surface area contributed by atoms with Crippen LogP contribution in [-0.2, 0) is 0 Å². The number of hydrogen-bond acceptors (Lipinski definition) is 4. The third-order valence-electron chi connectivity index (χ3n) is 12.1. The summed E-state index contributed by atoms with van der Waals surface area (Å²) in [6.45, 7) is 0. The van der Waals surface area contributed by atoms with Crippen LogP contribution in [0, 0.1) is 0 Å². The number of rotatable bonds is 5. The predicted molar refractivity (Wildman–Crippen MR) is 237 cm³/mol. The Morgan fingerprint density at radius 2 is 1.22 bits per heavy atom. The zero-order chi connectivity index (χ0) is 38.4. The largest absolute Gasteiger partial charge is 0.456 e. The molecule has 1 unspecified atom stereocenters. The summed E-state index contributed by atoms with van der Waals surface area (Å²) >= 11 is 0. The predicted octanol–water partition coefficient (Wildman–Crippen LogP) is 10.2. The molecular formula is C51H33FN4OSi. The molecule has 0 saturated carbocycles. The van der Waals surface area contributed by atoms with Crippen LogP contribution in [0.5, 0.6) is 0 Å². The number of alkyl halides is 1. The van der Waals surface area contributed by atoms with Gasteiger partial charge in [0.1, 0.15) is 22.6 Å². The van der Waals surface area contributed by atoms with E-state index in [-0.39, 0.29) is 0 Å². The lowest BCUT2D eigenvalue weighted by Gasteiger charge is -2.45. The molecule has 0 bridgehead atoms. The van der Waals surface area contributed by atoms with Gasteiger partial charge in [-0.05, 0) is 79.7 Å². The van der Waals surface area contributed by atoms with Crippen LogP contribution >= 0.6 is 0 Å². The number of furan rings is 1. The lowest BCUT2D eigenvalue weighted by molar-refractivity contribution is 0.402. The Hall–Kier alpha value is -7.35. The zero-order valence-electron chi connectivity index (χ0n) is 31.1. The van der Waals surface area contributed by atoms with Crippen LogP contribution in [0.15, 0.2) is 199 Å². The van der Waals surface area contributed by atoms with Crippen molar-refractivity contribution in [3.8, 4) is 0 Å². The SMILES string of the molecule is FC(c1ccc2c(c1)N(c1ccccn1)c1c(ccc3oc4ccccc4c13)[Si]2(c1ccccc1)c1ccccc1)c1ccc2c3ccccc3n3ccnc3c2c1. The van der Waals surface area contributed by atoms with E-state index in [4.69, 9.17) is 14.4 Å². The molecule has 0 amide bonds. The molecule has 274 valence electrons. The van der Waals surface area contributed by atoms with E-state index in [0.29, 0.717) is 11.1 Å². The Morgan fingerprint density at radius 1 is 0.534 bits per heavy atom. The number of imidazole rings is 1. The summed E-state index contributed by atoms with van der Waals surface area (Å²) < 4.78 is 26.3. The van der Waals surface area contributed by atoms with Crippen LogP contribution in [0.1, 0.15) is 17.3 Å². The van der Waals surface area contributed by atoms with Crippen molar-refractivity contribution in [2.24, 2.45) is 0 Å². The van der Waals surface area contributed by atoms with Crippen LogP contribution in [0.3, 0.4) is 0 Å². The van der Waals surface area contributed by atoms with E-state index < -0.39 is 14.2 Å². The molecule has 5 nitrogen and oxygen atoms in total. The minimum absolute atomic E-state index is 0.566. The summed E-state index contributed by atoms with van der Waals surface area (Å²) in [6.07, 6.45) is 4.19. The average Bonchev–Trinajstić information content (AvgIpc) is 3.95. The molecule has 7 heteroatoms. The van der Waals surface area contributed by atoms with Crippen molar-refractivity contribution in [2.45, 2.75) is 6.17 Å². The Kier molecular flexibility index (Phi) is 7.12. The molecule has 1 aliphatic heterocycles. The monoisotopic (exact) mass is 764 g/mol. The van der Waals surface area contributed by atoms with Crippen LogP contribution in [-0.4, -0.2) is 22.4 Å². The standard InChI is InChI=1S/C51H33FN4OSi/c52-49(33-22-24-37-38-17-7-9-19-41(38)55-30-29-54-51(55)40(37)31-33)34-23-26-45-42(32-34)56(47-21-11-12-28-53-47)50-46(27-25-44-48(50)39-18-8-10-20-43(39)57-44)58(45,35-13-3-1-4-14-35)36-15-5-2-6-16-36/h1-32,49H. The highest BCUT2D eigenvalue weighted by Gasteiger charge is 2.50. The first kappa shape index (κ1) is 32.8. The summed E-state index contributed by atoms with van der Waals surface area (Å²) in [6, 6.07) is 60.9. The molecule has 11 aromatic rings. The minimum Gasteiger partial charge on any atom is -0.456 e. The van der Waals surface area contributed by atoms with Gasteiger partial charge in [0, 0.05) is 40.4 Å². The minimum atomic E-state index is -3.10. The summed E-state index contributed by atoms with van der Waals surface area (Å²) in [5.41, 5.74) is 6.55. The number of pyridine rings is 2. The topological polar surface area (TPSA) is 46.6 Å². The number of nitrogens with zero attached hydrogens (tertiary/aromatic N) is 4. The number of benzene rings is 7. The molecule has 0 radical (unpaired) electrons. The number of anilines is 3. The van der Waals surface area contributed by atoms with E-state index in [0.717, 1.165) is 71.6 Å². The summed E-state index contributed by atoms with van der Waals surface area (Å²) in [5.74, 6) is 0.748. The molecule has 0 fully saturated rings. The van der Waals surface area contributed by atoms with Gasteiger partial charge in [-0.25, -0.2) is 14.4 Å². The van der Waals surface area contributed by atoms with Gasteiger partial charge < -0.3 is 4.42 Å². The second-order valence-electron chi connectivity index (χ2n) is 15.0. The maximum Gasteiger partial charge on any atom is 0.184 e. The van der Waals surface area contributed by atoms with E-state index >= 15 is 4.39 Å². The van der Waals surface area contributed by atoms with Crippen LogP contribution < -0.4 is 25.6 Å². The van der Waals surface area contributed by atoms with Crippen LogP contribution in [0.4, 0.5) is 21.6 Å². The molecule has 5 heterocycles. The third-order valence-corrected chi connectivity index (χ3v) is 16.9. The average molecular weight is 765 g/mol. The quantitative estimate of drug-likeness (QED) is 0.129. The van der Waals surface area contributed by atoms with Crippen molar-refractivity contribution in [3.05, 3.63) is 206 Å². The Morgan fingerprint density at radius 3 is 2.02 bits per heavy atom. The van der Waals surface area contributed by atoms with Gasteiger partial charge in [-0.3, -0.25) is 9.30 Å². The smallest absolute Gasteiger partial charge is 0.184 e. The van der Waals surface area contributed by atoms with Crippen molar-refractivity contribution in [1.29, 1.82) is 0 Å². The summed E-state index contributed by atoms with van der Waals surface area (Å²) in [4.78, 5) is 12.0. The fraction of sp³-hybridized carbons (Fsp3) is 0.0196. The highest BCUT2D eigenvalue weighted by atomic mass is 28.3. The Bertz CT molecular complexity index is 3340. The van der Waals surface area contributed by atoms with Crippen molar-refractivity contribution in [3.63, 3.8) is 0 Å². The summed E-state index contributed by atoms with van der Waals surface area (Å²) in [7, 11) is -3.10. The van der Waals surface area contributed by atoms with E-state index in [1.165, 1.54) is 15.6 Å². The molecule has 0 saturated heterocycles. The molecule has 1 aliphatic rings. The first-order valence-corrected chi connectivity index (χ1v) is 21.5. The number of fused-ring (bicyclic) bond motifs is 12. The lowest BCUT2D eigenvalue weighted by Crippen LogP contribution is -2.77. The molecule has 12 rings (SSSR count). The van der Waals surface area contributed by atoms with Gasteiger partial charge in [0.25, 0.3) is 0 Å². The summed E-state index contributed by atoms with van der Waals surface area (Å²) in [5, 5.41) is 9.97. The maximum atomic E-state index is 17.6. The van der Waals surface area contributed by atoms with Gasteiger partial charge in [0.05, 0.1) is 16.6 Å². The van der Waals surface area contributed by atoms with Gasteiger partial charge in [0.2, 0.25) is 0 Å². The van der Waals surface area contributed by atoms with Crippen molar-refractivity contribution >= 4 is 95.3 Å². The zero-order valence-corrected chi connectivity index (χ0v) is 32.1. The van der Waals surface area contributed by atoms with Gasteiger partial charge >= 0.3 is 0 Å². The van der Waals surface area contributed by atoms with Crippen molar-refractivity contribution < 1.29 is 8.81 Å².